The van der Waals surface area contributed by atoms with Crippen LogP contribution in [0.4, 0.5) is 5.69 Å². The van der Waals surface area contributed by atoms with E-state index in [-0.39, 0.29) is 0 Å². The predicted octanol–water partition coefficient (Wildman–Crippen LogP) is 1.96. The molecule has 0 fully saturated rings. The molecule has 0 bridgehead atoms. The Hall–Kier alpha value is -1.02. The number of hydrogen-bond donors (Lipinski definition) is 1. The Kier molecular flexibility index (Phi) is 3.11. The Labute approximate surface area is 74.2 Å². The summed E-state index contributed by atoms with van der Waals surface area (Å²) in [5.41, 5.74) is 5.63. The van der Waals surface area contributed by atoms with Crippen molar-refractivity contribution in [3.63, 3.8) is 0 Å². The molecule has 1 aromatic carbocycles. The minimum atomic E-state index is 0.972. The van der Waals surface area contributed by atoms with Crippen molar-refractivity contribution in [2.75, 3.05) is 18.6 Å². The second-order valence-electron chi connectivity index (χ2n) is 2.80. The highest BCUT2D eigenvalue weighted by atomic mass is 15.5. The highest BCUT2D eigenvalue weighted by Crippen LogP contribution is 2.11. The molecule has 0 heterocycles. The number of anilines is 1. The van der Waals surface area contributed by atoms with Crippen LogP contribution in [0.3, 0.4) is 0 Å². The largest absolute Gasteiger partial charge is 0.309 e. The smallest absolute Gasteiger partial charge is 0.0519 e. The van der Waals surface area contributed by atoms with Crippen molar-refractivity contribution >= 4 is 5.69 Å². The molecule has 66 valence electrons. The Morgan fingerprint density at radius 1 is 1.25 bits per heavy atom. The van der Waals surface area contributed by atoms with Gasteiger partial charge in [0.15, 0.2) is 0 Å². The molecule has 0 radical (unpaired) electrons. The normalized spacial score (nSPS) is 9.92. The topological polar surface area (TPSA) is 15.3 Å². The maximum absolute atomic E-state index is 3.12. The molecule has 0 aromatic heterocycles. The van der Waals surface area contributed by atoms with Crippen LogP contribution in [-0.4, -0.2) is 13.6 Å². The van der Waals surface area contributed by atoms with Crippen molar-refractivity contribution < 1.29 is 0 Å². The molecule has 2 nitrogen and oxygen atoms in total. The number of nitrogens with one attached hydrogen (secondary N) is 1. The molecule has 1 rings (SSSR count). The number of hydrogen-bond acceptors (Lipinski definition) is 2. The molecule has 0 aliphatic rings. The molecular weight excluding hydrogens is 148 g/mol. The maximum atomic E-state index is 3.12. The van der Waals surface area contributed by atoms with Gasteiger partial charge in [0, 0.05) is 13.6 Å². The molecule has 1 aromatic rings. The lowest BCUT2D eigenvalue weighted by Gasteiger charge is -2.21. The van der Waals surface area contributed by atoms with Crippen LogP contribution in [0.15, 0.2) is 24.3 Å². The van der Waals surface area contributed by atoms with Crippen LogP contribution in [0, 0.1) is 6.92 Å². The standard InChI is InChI=1S/C10H16N2/c1-4-12(11-3)10-7-5-9(2)6-8-10/h5-8,11H,4H2,1-3H3. The zero-order valence-corrected chi connectivity index (χ0v) is 7.96. The summed E-state index contributed by atoms with van der Waals surface area (Å²) in [7, 11) is 1.93. The van der Waals surface area contributed by atoms with Gasteiger partial charge in [-0.2, -0.15) is 0 Å². The third-order valence-corrected chi connectivity index (χ3v) is 1.93. The molecular formula is C10H16N2. The van der Waals surface area contributed by atoms with Crippen molar-refractivity contribution in [2.24, 2.45) is 0 Å². The maximum Gasteiger partial charge on any atom is 0.0519 e. The molecule has 2 heteroatoms. The summed E-state index contributed by atoms with van der Waals surface area (Å²) in [6, 6.07) is 8.48. The summed E-state index contributed by atoms with van der Waals surface area (Å²) in [6.45, 7) is 5.19. The fourth-order valence-electron chi connectivity index (χ4n) is 1.19. The monoisotopic (exact) mass is 164 g/mol. The first-order valence-corrected chi connectivity index (χ1v) is 4.29. The van der Waals surface area contributed by atoms with Crippen molar-refractivity contribution in [3.05, 3.63) is 29.8 Å². The van der Waals surface area contributed by atoms with E-state index >= 15 is 0 Å². The summed E-state index contributed by atoms with van der Waals surface area (Å²) in [5, 5.41) is 2.10. The molecule has 0 amide bonds. The minimum Gasteiger partial charge on any atom is -0.309 e. The van der Waals surface area contributed by atoms with Crippen LogP contribution in [0.1, 0.15) is 12.5 Å². The first-order chi connectivity index (χ1) is 5.77. The van der Waals surface area contributed by atoms with Gasteiger partial charge in [-0.1, -0.05) is 17.7 Å². The van der Waals surface area contributed by atoms with E-state index in [2.05, 4.69) is 48.5 Å². The lowest BCUT2D eigenvalue weighted by molar-refractivity contribution is 0.727. The fourth-order valence-corrected chi connectivity index (χ4v) is 1.19. The summed E-state index contributed by atoms with van der Waals surface area (Å²) in [5.74, 6) is 0. The van der Waals surface area contributed by atoms with Gasteiger partial charge >= 0.3 is 0 Å². The third kappa shape index (κ3) is 1.98. The van der Waals surface area contributed by atoms with E-state index in [0.717, 1.165) is 6.54 Å². The SMILES string of the molecule is CCN(NC)c1ccc(C)cc1. The summed E-state index contributed by atoms with van der Waals surface area (Å²) in [4.78, 5) is 0. The van der Waals surface area contributed by atoms with Gasteiger partial charge in [-0.3, -0.25) is 0 Å². The fraction of sp³-hybridized carbons (Fsp3) is 0.400. The second kappa shape index (κ2) is 4.12. The van der Waals surface area contributed by atoms with Crippen molar-refractivity contribution in [2.45, 2.75) is 13.8 Å². The van der Waals surface area contributed by atoms with Gasteiger partial charge < -0.3 is 5.01 Å². The van der Waals surface area contributed by atoms with Crippen molar-refractivity contribution in [1.82, 2.24) is 5.43 Å². The molecule has 0 saturated carbocycles. The number of rotatable bonds is 3. The minimum absolute atomic E-state index is 0.972. The lowest BCUT2D eigenvalue weighted by Crippen LogP contribution is -2.34. The zero-order valence-electron chi connectivity index (χ0n) is 7.96. The first kappa shape index (κ1) is 9.07. The predicted molar refractivity (Wildman–Crippen MR) is 53.3 cm³/mol. The molecule has 0 spiro atoms. The highest BCUT2D eigenvalue weighted by molar-refractivity contribution is 5.46. The summed E-state index contributed by atoms with van der Waals surface area (Å²) in [6.07, 6.45) is 0. The molecule has 1 N–H and O–H groups in total. The number of aryl methyl sites for hydroxylation is 1. The van der Waals surface area contributed by atoms with Gasteiger partial charge in [0.2, 0.25) is 0 Å². The van der Waals surface area contributed by atoms with Crippen LogP contribution < -0.4 is 10.4 Å². The highest BCUT2D eigenvalue weighted by Gasteiger charge is 1.98. The Morgan fingerprint density at radius 2 is 1.83 bits per heavy atom. The van der Waals surface area contributed by atoms with E-state index in [0.29, 0.717) is 0 Å². The van der Waals surface area contributed by atoms with Gasteiger partial charge in [-0.05, 0) is 26.0 Å². The van der Waals surface area contributed by atoms with Crippen molar-refractivity contribution in [1.29, 1.82) is 0 Å². The third-order valence-electron chi connectivity index (χ3n) is 1.93. The first-order valence-electron chi connectivity index (χ1n) is 4.29. The molecule has 0 atom stereocenters. The van der Waals surface area contributed by atoms with E-state index in [9.17, 15) is 0 Å². The number of nitrogens with zero attached hydrogens (tertiary/aromatic N) is 1. The molecule has 0 aliphatic heterocycles. The van der Waals surface area contributed by atoms with Gasteiger partial charge in [0.1, 0.15) is 0 Å². The average molecular weight is 164 g/mol. The molecule has 0 saturated heterocycles. The summed E-state index contributed by atoms with van der Waals surface area (Å²) < 4.78 is 0. The number of benzene rings is 1. The van der Waals surface area contributed by atoms with Gasteiger partial charge in [0.05, 0.1) is 5.69 Å². The quantitative estimate of drug-likeness (QED) is 0.687. The Bertz CT molecular complexity index is 224. The van der Waals surface area contributed by atoms with Crippen LogP contribution in [0.5, 0.6) is 0 Å². The second-order valence-corrected chi connectivity index (χ2v) is 2.80. The van der Waals surface area contributed by atoms with Crippen LogP contribution in [0.2, 0.25) is 0 Å². The van der Waals surface area contributed by atoms with E-state index in [1.165, 1.54) is 11.3 Å². The van der Waals surface area contributed by atoms with E-state index in [1.54, 1.807) is 0 Å². The molecule has 0 unspecified atom stereocenters. The Morgan fingerprint density at radius 3 is 2.25 bits per heavy atom. The van der Waals surface area contributed by atoms with E-state index in [4.69, 9.17) is 0 Å². The van der Waals surface area contributed by atoms with Crippen molar-refractivity contribution in [3.8, 4) is 0 Å². The van der Waals surface area contributed by atoms with Gasteiger partial charge in [-0.15, -0.1) is 0 Å². The van der Waals surface area contributed by atoms with Gasteiger partial charge in [-0.25, -0.2) is 5.43 Å². The molecule has 0 aliphatic carbocycles. The average Bonchev–Trinajstić information content (AvgIpc) is 2.10. The number of hydrazine groups is 1. The van der Waals surface area contributed by atoms with Crippen LogP contribution in [-0.2, 0) is 0 Å². The van der Waals surface area contributed by atoms with Crippen LogP contribution >= 0.6 is 0 Å². The van der Waals surface area contributed by atoms with Gasteiger partial charge in [0.25, 0.3) is 0 Å². The molecule has 12 heavy (non-hydrogen) atoms. The zero-order chi connectivity index (χ0) is 8.97. The van der Waals surface area contributed by atoms with E-state index in [1.807, 2.05) is 7.05 Å². The Balaban J connectivity index is 2.80. The van der Waals surface area contributed by atoms with E-state index < -0.39 is 0 Å². The lowest BCUT2D eigenvalue weighted by atomic mass is 10.2. The summed E-state index contributed by atoms with van der Waals surface area (Å²) >= 11 is 0. The van der Waals surface area contributed by atoms with Crippen LogP contribution in [0.25, 0.3) is 0 Å².